The molecule has 0 saturated carbocycles. The molecule has 1 nitrogen and oxygen atoms in total. The Hall–Kier alpha value is -5.83. The van der Waals surface area contributed by atoms with Crippen molar-refractivity contribution < 1.29 is 0 Å². The molecule has 0 bridgehead atoms. The number of fused-ring (bicyclic) bond motifs is 15. The summed E-state index contributed by atoms with van der Waals surface area (Å²) in [5.74, 6) is 0.0578. The SMILES string of the molecule is c1ccc2c(c1)c1c(c3ccccc32)C(c2ccc(-n3c4ccccc4c4ccccc43)cc2)c2c(c3ccccc3c3ccccc23)S1. The molecule has 1 aliphatic rings. The van der Waals surface area contributed by atoms with Crippen molar-refractivity contribution in [1.29, 1.82) is 0 Å². The molecule has 0 aliphatic carbocycles. The lowest BCUT2D eigenvalue weighted by atomic mass is 9.78. The largest absolute Gasteiger partial charge is 0.309 e. The van der Waals surface area contributed by atoms with Crippen LogP contribution in [0.5, 0.6) is 0 Å². The molecule has 11 rings (SSSR count). The Morgan fingerprint density at radius 1 is 0.327 bits per heavy atom. The van der Waals surface area contributed by atoms with E-state index in [1.54, 1.807) is 0 Å². The van der Waals surface area contributed by atoms with Gasteiger partial charge < -0.3 is 4.57 Å². The molecule has 0 fully saturated rings. The average Bonchev–Trinajstić information content (AvgIpc) is 3.52. The first kappa shape index (κ1) is 27.2. The summed E-state index contributed by atoms with van der Waals surface area (Å²) in [6.45, 7) is 0. The van der Waals surface area contributed by atoms with E-state index in [1.165, 1.54) is 97.1 Å². The van der Waals surface area contributed by atoms with E-state index in [1.807, 2.05) is 11.8 Å². The van der Waals surface area contributed by atoms with Crippen molar-refractivity contribution >= 4 is 76.7 Å². The fraction of sp³-hybridized carbons (Fsp3) is 0.0213. The molecule has 0 atom stereocenters. The Kier molecular flexibility index (Phi) is 5.73. The zero-order valence-electron chi connectivity index (χ0n) is 26.6. The molecule has 228 valence electrons. The highest BCUT2D eigenvalue weighted by Crippen LogP contribution is 2.57. The van der Waals surface area contributed by atoms with Gasteiger partial charge >= 0.3 is 0 Å². The van der Waals surface area contributed by atoms with Crippen LogP contribution in [-0.4, -0.2) is 4.57 Å². The monoisotopic (exact) mass is 639 g/mol. The van der Waals surface area contributed by atoms with Crippen LogP contribution in [-0.2, 0) is 0 Å². The Labute approximate surface area is 288 Å². The van der Waals surface area contributed by atoms with Crippen LogP contribution in [0.4, 0.5) is 0 Å². The second-order valence-electron chi connectivity index (χ2n) is 13.2. The summed E-state index contributed by atoms with van der Waals surface area (Å²) in [5.41, 5.74) is 7.78. The first-order valence-corrected chi connectivity index (χ1v) is 17.8. The van der Waals surface area contributed by atoms with Gasteiger partial charge in [-0.05, 0) is 84.0 Å². The summed E-state index contributed by atoms with van der Waals surface area (Å²) in [7, 11) is 0. The Bertz CT molecular complexity index is 2790. The van der Waals surface area contributed by atoms with Crippen molar-refractivity contribution in [2.45, 2.75) is 15.7 Å². The molecule has 49 heavy (non-hydrogen) atoms. The molecule has 0 spiro atoms. The maximum absolute atomic E-state index is 2.42. The first-order chi connectivity index (χ1) is 24.3. The van der Waals surface area contributed by atoms with Gasteiger partial charge in [0.1, 0.15) is 0 Å². The lowest BCUT2D eigenvalue weighted by molar-refractivity contribution is 0.936. The standard InChI is InChI=1S/C47H29NS/c1-5-19-37-31(13-1)33-15-3-7-21-39(33)46-44(37)43(45-38-20-6-2-14-32(38)34-16-4-8-22-40(34)47(45)49-46)29-25-27-30(28-26-29)48-41-23-11-9-17-35(41)36-18-10-12-24-42(36)48/h1-28,43H. The third-order valence-electron chi connectivity index (χ3n) is 10.7. The number of aromatic nitrogens is 1. The minimum atomic E-state index is 0.0578. The van der Waals surface area contributed by atoms with Crippen LogP contribution in [0.25, 0.3) is 70.6 Å². The van der Waals surface area contributed by atoms with E-state index in [2.05, 4.69) is 174 Å². The zero-order valence-corrected chi connectivity index (χ0v) is 27.4. The maximum atomic E-state index is 2.42. The highest BCUT2D eigenvalue weighted by Gasteiger charge is 2.34. The number of hydrogen-bond acceptors (Lipinski definition) is 1. The lowest BCUT2D eigenvalue weighted by Gasteiger charge is -2.33. The zero-order chi connectivity index (χ0) is 32.1. The predicted octanol–water partition coefficient (Wildman–Crippen LogP) is 13.0. The van der Waals surface area contributed by atoms with Crippen LogP contribution < -0.4 is 0 Å². The minimum absolute atomic E-state index is 0.0578. The van der Waals surface area contributed by atoms with Gasteiger partial charge in [0.15, 0.2) is 0 Å². The smallest absolute Gasteiger partial charge is 0.0541 e. The highest BCUT2D eigenvalue weighted by atomic mass is 32.2. The van der Waals surface area contributed by atoms with Gasteiger partial charge in [-0.25, -0.2) is 0 Å². The quantitative estimate of drug-likeness (QED) is 0.170. The number of nitrogens with zero attached hydrogens (tertiary/aromatic N) is 1. The van der Waals surface area contributed by atoms with Crippen molar-refractivity contribution in [2.75, 3.05) is 0 Å². The summed E-state index contributed by atoms with van der Waals surface area (Å²) >= 11 is 1.97. The summed E-state index contributed by atoms with van der Waals surface area (Å²) in [5, 5.41) is 13.2. The Morgan fingerprint density at radius 3 is 1.12 bits per heavy atom. The molecule has 9 aromatic carbocycles. The van der Waals surface area contributed by atoms with Crippen LogP contribution >= 0.6 is 11.8 Å². The molecule has 0 unspecified atom stereocenters. The van der Waals surface area contributed by atoms with E-state index in [0.29, 0.717) is 0 Å². The van der Waals surface area contributed by atoms with Crippen molar-refractivity contribution in [3.05, 3.63) is 187 Å². The summed E-state index contributed by atoms with van der Waals surface area (Å²) in [6.07, 6.45) is 0. The van der Waals surface area contributed by atoms with Crippen LogP contribution in [0.2, 0.25) is 0 Å². The molecule has 0 amide bonds. The third kappa shape index (κ3) is 3.78. The molecule has 0 N–H and O–H groups in total. The predicted molar refractivity (Wildman–Crippen MR) is 209 cm³/mol. The molecule has 0 saturated heterocycles. The molecular formula is C47H29NS. The van der Waals surface area contributed by atoms with Gasteiger partial charge in [-0.3, -0.25) is 0 Å². The number of rotatable bonds is 2. The van der Waals surface area contributed by atoms with Gasteiger partial charge in [-0.1, -0.05) is 157 Å². The van der Waals surface area contributed by atoms with Crippen molar-refractivity contribution in [3.8, 4) is 5.69 Å². The summed E-state index contributed by atoms with van der Waals surface area (Å²) < 4.78 is 2.42. The van der Waals surface area contributed by atoms with E-state index in [4.69, 9.17) is 0 Å². The van der Waals surface area contributed by atoms with Crippen LogP contribution in [0.3, 0.4) is 0 Å². The number of para-hydroxylation sites is 2. The lowest BCUT2D eigenvalue weighted by Crippen LogP contribution is -2.13. The van der Waals surface area contributed by atoms with E-state index >= 15 is 0 Å². The van der Waals surface area contributed by atoms with E-state index in [9.17, 15) is 0 Å². The first-order valence-electron chi connectivity index (χ1n) is 17.0. The molecule has 2 heterocycles. The third-order valence-corrected chi connectivity index (χ3v) is 12.0. The fourth-order valence-electron chi connectivity index (χ4n) is 8.66. The van der Waals surface area contributed by atoms with Gasteiger partial charge in [0, 0.05) is 32.2 Å². The van der Waals surface area contributed by atoms with Gasteiger partial charge in [-0.15, -0.1) is 0 Å². The van der Waals surface area contributed by atoms with Crippen molar-refractivity contribution in [1.82, 2.24) is 4.57 Å². The Morgan fingerprint density at radius 2 is 0.673 bits per heavy atom. The molecule has 10 aromatic rings. The maximum Gasteiger partial charge on any atom is 0.0541 e. The summed E-state index contributed by atoms with van der Waals surface area (Å²) in [6, 6.07) is 63.0. The van der Waals surface area contributed by atoms with Gasteiger partial charge in [0.25, 0.3) is 0 Å². The van der Waals surface area contributed by atoms with E-state index < -0.39 is 0 Å². The van der Waals surface area contributed by atoms with Crippen molar-refractivity contribution in [2.24, 2.45) is 0 Å². The van der Waals surface area contributed by atoms with Crippen LogP contribution in [0, 0.1) is 0 Å². The van der Waals surface area contributed by atoms with Gasteiger partial charge in [-0.2, -0.15) is 0 Å². The molecule has 1 aliphatic heterocycles. The number of hydrogen-bond donors (Lipinski definition) is 0. The summed E-state index contributed by atoms with van der Waals surface area (Å²) in [4.78, 5) is 2.75. The second-order valence-corrected chi connectivity index (χ2v) is 14.2. The normalized spacial score (nSPS) is 13.1. The van der Waals surface area contributed by atoms with Crippen molar-refractivity contribution in [3.63, 3.8) is 0 Å². The van der Waals surface area contributed by atoms with Gasteiger partial charge in [0.05, 0.1) is 11.0 Å². The van der Waals surface area contributed by atoms with Crippen LogP contribution in [0.15, 0.2) is 180 Å². The van der Waals surface area contributed by atoms with E-state index in [0.717, 1.165) is 0 Å². The van der Waals surface area contributed by atoms with E-state index in [-0.39, 0.29) is 5.92 Å². The fourth-order valence-corrected chi connectivity index (χ4v) is 10.1. The minimum Gasteiger partial charge on any atom is -0.309 e. The average molecular weight is 640 g/mol. The molecular weight excluding hydrogens is 611 g/mol. The second kappa shape index (κ2) is 10.3. The molecule has 1 aromatic heterocycles. The molecule has 0 radical (unpaired) electrons. The molecule has 2 heteroatoms. The van der Waals surface area contributed by atoms with Gasteiger partial charge in [0.2, 0.25) is 0 Å². The number of benzene rings is 9. The van der Waals surface area contributed by atoms with Crippen LogP contribution in [0.1, 0.15) is 22.6 Å². The highest BCUT2D eigenvalue weighted by molar-refractivity contribution is 8.00. The topological polar surface area (TPSA) is 4.93 Å². The Balaban J connectivity index is 1.24.